The van der Waals surface area contributed by atoms with E-state index in [0.717, 1.165) is 0 Å². The van der Waals surface area contributed by atoms with Crippen LogP contribution in [0.3, 0.4) is 0 Å². The second-order valence-corrected chi connectivity index (χ2v) is 4.94. The number of ether oxygens (including phenoxy) is 1. The Labute approximate surface area is 116 Å². The van der Waals surface area contributed by atoms with Gasteiger partial charge < -0.3 is 20.1 Å². The van der Waals surface area contributed by atoms with Gasteiger partial charge in [-0.05, 0) is 12.1 Å². The maximum absolute atomic E-state index is 12.2. The largest absolute Gasteiger partial charge is 0.395 e. The van der Waals surface area contributed by atoms with Crippen LogP contribution in [0.5, 0.6) is 0 Å². The first-order valence-electron chi connectivity index (χ1n) is 5.85. The number of rotatable bonds is 7. The first kappa shape index (κ1) is 15.6. The zero-order valence-electron chi connectivity index (χ0n) is 11.0. The molecule has 0 aliphatic rings. The van der Waals surface area contributed by atoms with Crippen molar-refractivity contribution in [1.82, 2.24) is 4.90 Å². The summed E-state index contributed by atoms with van der Waals surface area (Å²) in [7, 11) is 1.56. The van der Waals surface area contributed by atoms with E-state index in [9.17, 15) is 9.59 Å². The fourth-order valence-corrected chi connectivity index (χ4v) is 2.41. The maximum Gasteiger partial charge on any atom is 0.264 e. The van der Waals surface area contributed by atoms with Crippen LogP contribution in [-0.4, -0.2) is 55.2 Å². The summed E-state index contributed by atoms with van der Waals surface area (Å²) in [6.45, 7) is 2.41. The number of hydrogen-bond acceptors (Lipinski definition) is 5. The number of aliphatic hydroxyl groups excluding tert-OH is 1. The standard InChI is InChI=1S/C12H18N2O4S/c1-9(16)13-11-4-3-10(19-11)12(17)14(5-7-15)6-8-18-2/h3-4,15H,5-8H2,1-2H3,(H,13,16). The van der Waals surface area contributed by atoms with Gasteiger partial charge in [0.1, 0.15) is 0 Å². The summed E-state index contributed by atoms with van der Waals surface area (Å²) >= 11 is 1.21. The minimum Gasteiger partial charge on any atom is -0.395 e. The lowest BCUT2D eigenvalue weighted by atomic mass is 10.3. The Balaban J connectivity index is 2.72. The molecule has 7 heteroatoms. The van der Waals surface area contributed by atoms with Crippen molar-refractivity contribution >= 4 is 28.2 Å². The van der Waals surface area contributed by atoms with E-state index in [0.29, 0.717) is 23.0 Å². The van der Waals surface area contributed by atoms with E-state index >= 15 is 0 Å². The van der Waals surface area contributed by atoms with Gasteiger partial charge in [0.25, 0.3) is 5.91 Å². The highest BCUT2D eigenvalue weighted by Crippen LogP contribution is 2.23. The van der Waals surface area contributed by atoms with Crippen molar-refractivity contribution in [1.29, 1.82) is 0 Å². The van der Waals surface area contributed by atoms with Crippen molar-refractivity contribution < 1.29 is 19.4 Å². The van der Waals surface area contributed by atoms with Gasteiger partial charge >= 0.3 is 0 Å². The molecule has 2 N–H and O–H groups in total. The normalized spacial score (nSPS) is 10.3. The van der Waals surface area contributed by atoms with Gasteiger partial charge in [0, 0.05) is 27.1 Å². The molecule has 1 heterocycles. The second-order valence-electron chi connectivity index (χ2n) is 3.85. The summed E-state index contributed by atoms with van der Waals surface area (Å²) in [4.78, 5) is 25.2. The molecule has 1 aromatic rings. The van der Waals surface area contributed by atoms with Crippen molar-refractivity contribution in [2.24, 2.45) is 0 Å². The number of nitrogens with zero attached hydrogens (tertiary/aromatic N) is 1. The molecule has 2 amide bonds. The van der Waals surface area contributed by atoms with Gasteiger partial charge in [-0.2, -0.15) is 0 Å². The fraction of sp³-hybridized carbons (Fsp3) is 0.500. The first-order chi connectivity index (χ1) is 9.08. The summed E-state index contributed by atoms with van der Waals surface area (Å²) in [6.07, 6.45) is 0. The van der Waals surface area contributed by atoms with Crippen LogP contribution in [0.4, 0.5) is 5.00 Å². The second kappa shape index (κ2) is 7.88. The number of nitrogens with one attached hydrogen (secondary N) is 1. The Morgan fingerprint density at radius 1 is 1.42 bits per heavy atom. The number of aliphatic hydroxyl groups is 1. The fourth-order valence-electron chi connectivity index (χ4n) is 1.49. The number of anilines is 1. The van der Waals surface area contributed by atoms with Crippen molar-refractivity contribution in [3.8, 4) is 0 Å². The molecule has 1 aromatic heterocycles. The number of carbonyl (C=O) groups is 2. The zero-order valence-corrected chi connectivity index (χ0v) is 11.8. The van der Waals surface area contributed by atoms with Gasteiger partial charge in [-0.15, -0.1) is 11.3 Å². The number of carbonyl (C=O) groups excluding carboxylic acids is 2. The third kappa shape index (κ3) is 4.98. The number of hydrogen-bond donors (Lipinski definition) is 2. The van der Waals surface area contributed by atoms with Crippen LogP contribution >= 0.6 is 11.3 Å². The predicted octanol–water partition coefficient (Wildman–Crippen LogP) is 0.787. The van der Waals surface area contributed by atoms with Crippen LogP contribution < -0.4 is 5.32 Å². The third-order valence-corrected chi connectivity index (χ3v) is 3.33. The Kier molecular flexibility index (Phi) is 6.48. The Bertz CT molecular complexity index is 433. The highest BCUT2D eigenvalue weighted by Gasteiger charge is 2.17. The van der Waals surface area contributed by atoms with Crippen molar-refractivity contribution in [3.05, 3.63) is 17.0 Å². The highest BCUT2D eigenvalue weighted by atomic mass is 32.1. The molecule has 0 radical (unpaired) electrons. The Morgan fingerprint density at radius 2 is 2.16 bits per heavy atom. The summed E-state index contributed by atoms with van der Waals surface area (Å²) in [5.41, 5.74) is 0. The van der Waals surface area contributed by atoms with E-state index < -0.39 is 0 Å². The lowest BCUT2D eigenvalue weighted by Crippen LogP contribution is -2.35. The van der Waals surface area contributed by atoms with Gasteiger partial charge in [0.15, 0.2) is 0 Å². The minimum atomic E-state index is -0.174. The third-order valence-electron chi connectivity index (χ3n) is 2.34. The highest BCUT2D eigenvalue weighted by molar-refractivity contribution is 7.18. The molecule has 0 aliphatic carbocycles. The summed E-state index contributed by atoms with van der Waals surface area (Å²) in [5, 5.41) is 12.2. The maximum atomic E-state index is 12.2. The lowest BCUT2D eigenvalue weighted by molar-refractivity contribution is -0.114. The molecule has 0 fully saturated rings. The van der Waals surface area contributed by atoms with Crippen molar-refractivity contribution in [2.45, 2.75) is 6.92 Å². The van der Waals surface area contributed by atoms with Crippen LogP contribution in [-0.2, 0) is 9.53 Å². The molecule has 0 saturated heterocycles. The van der Waals surface area contributed by atoms with Gasteiger partial charge in [-0.1, -0.05) is 0 Å². The van der Waals surface area contributed by atoms with Gasteiger partial charge in [-0.3, -0.25) is 9.59 Å². The molecule has 0 saturated carbocycles. The van der Waals surface area contributed by atoms with Crippen LogP contribution in [0.1, 0.15) is 16.6 Å². The summed E-state index contributed by atoms with van der Waals surface area (Å²) in [5.74, 6) is -0.347. The van der Waals surface area contributed by atoms with Crippen LogP contribution in [0.25, 0.3) is 0 Å². The average molecular weight is 286 g/mol. The lowest BCUT2D eigenvalue weighted by Gasteiger charge is -2.20. The average Bonchev–Trinajstić information content (AvgIpc) is 2.81. The number of amides is 2. The van der Waals surface area contributed by atoms with E-state index in [1.807, 2.05) is 0 Å². The topological polar surface area (TPSA) is 78.9 Å². The minimum absolute atomic E-state index is 0.0978. The molecule has 0 atom stereocenters. The van der Waals surface area contributed by atoms with E-state index in [1.165, 1.54) is 23.2 Å². The Hall–Kier alpha value is -1.44. The number of methoxy groups -OCH3 is 1. The molecule has 19 heavy (non-hydrogen) atoms. The molecule has 0 unspecified atom stereocenters. The van der Waals surface area contributed by atoms with E-state index in [-0.39, 0.29) is 25.0 Å². The van der Waals surface area contributed by atoms with Crippen molar-refractivity contribution in [3.63, 3.8) is 0 Å². The molecule has 0 aromatic carbocycles. The van der Waals surface area contributed by atoms with E-state index in [1.54, 1.807) is 19.2 Å². The molecule has 0 bridgehead atoms. The van der Waals surface area contributed by atoms with Gasteiger partial charge in [0.2, 0.25) is 5.91 Å². The quantitative estimate of drug-likeness (QED) is 0.776. The molecule has 6 nitrogen and oxygen atoms in total. The summed E-state index contributed by atoms with van der Waals surface area (Å²) < 4.78 is 4.93. The molecule has 1 rings (SSSR count). The van der Waals surface area contributed by atoms with Crippen LogP contribution in [0.2, 0.25) is 0 Å². The zero-order chi connectivity index (χ0) is 14.3. The van der Waals surface area contributed by atoms with Gasteiger partial charge in [-0.25, -0.2) is 0 Å². The molecule has 0 spiro atoms. The monoisotopic (exact) mass is 286 g/mol. The summed E-state index contributed by atoms with van der Waals surface area (Å²) in [6, 6.07) is 3.35. The molecule has 106 valence electrons. The van der Waals surface area contributed by atoms with Crippen molar-refractivity contribution in [2.75, 3.05) is 38.7 Å². The van der Waals surface area contributed by atoms with Crippen LogP contribution in [0.15, 0.2) is 12.1 Å². The molecular weight excluding hydrogens is 268 g/mol. The first-order valence-corrected chi connectivity index (χ1v) is 6.66. The molecular formula is C12H18N2O4S. The molecule has 0 aliphatic heterocycles. The SMILES string of the molecule is COCCN(CCO)C(=O)c1ccc(NC(C)=O)s1. The predicted molar refractivity (Wildman–Crippen MR) is 73.5 cm³/mol. The van der Waals surface area contributed by atoms with E-state index in [4.69, 9.17) is 9.84 Å². The smallest absolute Gasteiger partial charge is 0.264 e. The van der Waals surface area contributed by atoms with E-state index in [2.05, 4.69) is 5.32 Å². The number of thiophene rings is 1. The van der Waals surface area contributed by atoms with Crippen LogP contribution in [0, 0.1) is 0 Å². The van der Waals surface area contributed by atoms with Gasteiger partial charge in [0.05, 0.1) is 23.1 Å². The Morgan fingerprint density at radius 3 is 2.74 bits per heavy atom.